The molecule has 0 spiro atoms. The molecular weight excluding hydrogens is 469 g/mol. The number of hydrogen-bond donors (Lipinski definition) is 5. The van der Waals surface area contributed by atoms with Crippen LogP contribution in [0, 0.1) is 6.92 Å². The number of fused-ring (bicyclic) bond motifs is 1. The number of nitrogens with two attached hydrogens (primary N) is 1. The zero-order valence-electron chi connectivity index (χ0n) is 19.2. The quantitative estimate of drug-likeness (QED) is 0.314. The monoisotopic (exact) mass is 495 g/mol. The third kappa shape index (κ3) is 6.56. The van der Waals surface area contributed by atoms with E-state index in [-0.39, 0.29) is 19.0 Å². The van der Waals surface area contributed by atoms with Gasteiger partial charge in [-0.3, -0.25) is 4.79 Å². The van der Waals surface area contributed by atoms with Crippen molar-refractivity contribution in [3.63, 3.8) is 0 Å². The van der Waals surface area contributed by atoms with Gasteiger partial charge < -0.3 is 31.1 Å². The first-order valence-corrected chi connectivity index (χ1v) is 10.5. The number of alkyl halides is 3. The molecule has 3 rings (SSSR count). The van der Waals surface area contributed by atoms with E-state index in [9.17, 15) is 23.1 Å². The molecule has 0 bridgehead atoms. The fourth-order valence-corrected chi connectivity index (χ4v) is 3.42. The average Bonchev–Trinajstić information content (AvgIpc) is 2.77. The van der Waals surface area contributed by atoms with E-state index in [1.807, 2.05) is 0 Å². The van der Waals surface area contributed by atoms with Gasteiger partial charge in [0, 0.05) is 36.6 Å². The molecule has 0 aromatic carbocycles. The van der Waals surface area contributed by atoms with Gasteiger partial charge >= 0.3 is 6.36 Å². The number of carbonyl (C=O) groups excluding carboxylic acids is 1. The van der Waals surface area contributed by atoms with Gasteiger partial charge in [-0.05, 0) is 19.9 Å². The zero-order valence-corrected chi connectivity index (χ0v) is 19.2. The molecule has 14 heteroatoms. The van der Waals surface area contributed by atoms with Gasteiger partial charge in [0.25, 0.3) is 0 Å². The van der Waals surface area contributed by atoms with Crippen molar-refractivity contribution in [1.82, 2.24) is 15.0 Å². The van der Waals surface area contributed by atoms with Gasteiger partial charge in [-0.2, -0.15) is 4.98 Å². The smallest absolute Gasteiger partial charge is 0.404 e. The van der Waals surface area contributed by atoms with Crippen LogP contribution < -0.4 is 31.0 Å². The number of nitrogens with one attached hydrogen (secondary N) is 3. The van der Waals surface area contributed by atoms with Gasteiger partial charge in [-0.1, -0.05) is 0 Å². The Morgan fingerprint density at radius 2 is 2.17 bits per heavy atom. The van der Waals surface area contributed by atoms with Gasteiger partial charge in [0.2, 0.25) is 17.7 Å². The average molecular weight is 495 g/mol. The summed E-state index contributed by atoms with van der Waals surface area (Å²) in [4.78, 5) is 29.4. The third-order valence-corrected chi connectivity index (χ3v) is 5.07. The summed E-state index contributed by atoms with van der Waals surface area (Å²) in [6.45, 7) is 3.81. The Balaban J connectivity index is 1.62. The number of anilines is 3. The van der Waals surface area contributed by atoms with Crippen LogP contribution in [0.5, 0.6) is 5.88 Å². The van der Waals surface area contributed by atoms with Crippen LogP contribution in [0.4, 0.5) is 30.6 Å². The van der Waals surface area contributed by atoms with Crippen molar-refractivity contribution in [2.45, 2.75) is 38.9 Å². The molecule has 0 fully saturated rings. The number of nitrogens with zero attached hydrogens (tertiary/aromatic N) is 4. The number of halogens is 3. The van der Waals surface area contributed by atoms with Gasteiger partial charge in [0.15, 0.2) is 18.6 Å². The highest BCUT2D eigenvalue weighted by Gasteiger charge is 2.36. The number of ether oxygens (including phenoxy) is 1. The first kappa shape index (κ1) is 25.7. The zero-order chi connectivity index (χ0) is 25.8. The summed E-state index contributed by atoms with van der Waals surface area (Å²) in [6.07, 6.45) is -1.42. The van der Waals surface area contributed by atoms with Gasteiger partial charge in [0.1, 0.15) is 11.7 Å². The van der Waals surface area contributed by atoms with Crippen molar-refractivity contribution in [3.8, 4) is 5.88 Å². The molecule has 1 aliphatic heterocycles. The number of aliphatic hydroxyl groups is 1. The lowest BCUT2D eigenvalue weighted by Gasteiger charge is -2.36. The summed E-state index contributed by atoms with van der Waals surface area (Å²) in [7, 11) is 1.67. The molecule has 1 amide bonds. The number of rotatable bonds is 8. The van der Waals surface area contributed by atoms with E-state index in [1.54, 1.807) is 25.1 Å². The fraction of sp³-hybridized carbons (Fsp3) is 0.381. The van der Waals surface area contributed by atoms with Crippen molar-refractivity contribution in [3.05, 3.63) is 41.4 Å². The van der Waals surface area contributed by atoms with Crippen LogP contribution in [0.2, 0.25) is 0 Å². The summed E-state index contributed by atoms with van der Waals surface area (Å²) in [5, 5.41) is 15.8. The lowest BCUT2D eigenvalue weighted by atomic mass is 10.1. The van der Waals surface area contributed by atoms with E-state index in [1.165, 1.54) is 25.4 Å². The molecule has 6 N–H and O–H groups in total. The molecule has 1 aliphatic rings. The minimum atomic E-state index is -4.79. The van der Waals surface area contributed by atoms with E-state index < -0.39 is 24.4 Å². The lowest BCUT2D eigenvalue weighted by molar-refractivity contribution is -0.469. The molecule has 0 radical (unpaired) electrons. The first-order valence-electron chi connectivity index (χ1n) is 10.5. The lowest BCUT2D eigenvalue weighted by Crippen LogP contribution is -2.67. The molecule has 11 nitrogen and oxygen atoms in total. The molecule has 0 saturated heterocycles. The Bertz CT molecular complexity index is 1120. The number of likely N-dealkylation sites (N-methyl/N-ethyl adjacent to an activating group) is 1. The van der Waals surface area contributed by atoms with Crippen LogP contribution >= 0.6 is 0 Å². The predicted molar refractivity (Wildman–Crippen MR) is 122 cm³/mol. The van der Waals surface area contributed by atoms with E-state index in [2.05, 4.69) is 35.3 Å². The predicted octanol–water partition coefficient (Wildman–Crippen LogP) is -0.178. The second kappa shape index (κ2) is 10.5. The molecule has 2 aromatic rings. The number of aliphatic hydroxyl groups excluding tert-OH is 1. The summed E-state index contributed by atoms with van der Waals surface area (Å²) in [6, 6.07) is 1.80. The Hall–Kier alpha value is -3.94. The minimum absolute atomic E-state index is 0.258. The van der Waals surface area contributed by atoms with Crippen LogP contribution in [0.3, 0.4) is 0 Å². The summed E-state index contributed by atoms with van der Waals surface area (Å²) in [5.74, 6) is -0.112. The molecule has 0 unspecified atom stereocenters. The molecule has 2 atom stereocenters. The molecule has 0 aliphatic carbocycles. The van der Waals surface area contributed by atoms with Crippen molar-refractivity contribution < 1.29 is 32.8 Å². The minimum Gasteiger partial charge on any atom is -0.404 e. The SMILES string of the molecule is Cc1nc(NC/C(C=[NH+]Cc2ccc(OC(F)(F)F)nc2)=C/N)nc2c1NC(=O)[C@H]([C@@H](C)O)N2C. The summed E-state index contributed by atoms with van der Waals surface area (Å²) < 4.78 is 40.4. The Kier molecular flexibility index (Phi) is 7.74. The van der Waals surface area contributed by atoms with Crippen LogP contribution in [0.25, 0.3) is 0 Å². The third-order valence-electron chi connectivity index (χ3n) is 5.07. The normalized spacial score (nSPS) is 17.2. The molecule has 35 heavy (non-hydrogen) atoms. The number of carbonyl (C=O) groups is 1. The van der Waals surface area contributed by atoms with Gasteiger partial charge in [-0.15, -0.1) is 13.2 Å². The number of hydrogen-bond acceptors (Lipinski definition) is 9. The highest BCUT2D eigenvalue weighted by molar-refractivity contribution is 6.03. The Labute approximate surface area is 198 Å². The van der Waals surface area contributed by atoms with E-state index in [4.69, 9.17) is 5.73 Å². The number of aromatic nitrogens is 3. The van der Waals surface area contributed by atoms with Crippen molar-refractivity contribution >= 4 is 29.6 Å². The number of aryl methyl sites for hydroxylation is 1. The highest BCUT2D eigenvalue weighted by atomic mass is 19.4. The largest absolute Gasteiger partial charge is 0.574 e. The number of amides is 1. The van der Waals surface area contributed by atoms with Crippen LogP contribution in [-0.2, 0) is 11.3 Å². The van der Waals surface area contributed by atoms with Crippen LogP contribution in [0.15, 0.2) is 30.1 Å². The number of pyridine rings is 1. The standard InChI is InChI=1S/C21H25F3N8O3/c1-11-16-18(32(3)17(12(2)33)19(34)30-16)31-20(29-11)28-10-14(6-25)8-26-7-13-4-5-15(27-9-13)35-21(22,23)24/h4-6,8-9,12,17,33H,7,10,25H2,1-3H3,(H,30,34)(H,28,29,31)/p+1/b14-6+,26-8?/t12-,17+/m1/s1. The maximum absolute atomic E-state index is 12.3. The molecule has 188 valence electrons. The van der Waals surface area contributed by atoms with E-state index in [0.29, 0.717) is 34.3 Å². The molecule has 3 heterocycles. The second-order valence-electron chi connectivity index (χ2n) is 7.79. The highest BCUT2D eigenvalue weighted by Crippen LogP contribution is 2.33. The van der Waals surface area contributed by atoms with Crippen molar-refractivity contribution in [2.24, 2.45) is 5.73 Å². The molecule has 0 saturated carbocycles. The molecular formula is C21H26F3N8O3+. The second-order valence-corrected chi connectivity index (χ2v) is 7.79. The van der Waals surface area contributed by atoms with E-state index >= 15 is 0 Å². The van der Waals surface area contributed by atoms with Crippen molar-refractivity contribution in [1.29, 1.82) is 0 Å². The van der Waals surface area contributed by atoms with Crippen LogP contribution in [-0.4, -0.2) is 64.3 Å². The Morgan fingerprint density at radius 3 is 2.77 bits per heavy atom. The van der Waals surface area contributed by atoms with Gasteiger partial charge in [0.05, 0.1) is 18.3 Å². The van der Waals surface area contributed by atoms with Gasteiger partial charge in [-0.25, -0.2) is 15.0 Å². The topological polar surface area (TPSA) is 152 Å². The molecule has 2 aromatic heterocycles. The maximum Gasteiger partial charge on any atom is 0.574 e. The van der Waals surface area contributed by atoms with Crippen molar-refractivity contribution in [2.75, 3.05) is 29.1 Å². The fourth-order valence-electron chi connectivity index (χ4n) is 3.42. The van der Waals surface area contributed by atoms with Crippen LogP contribution in [0.1, 0.15) is 18.2 Å². The first-order chi connectivity index (χ1) is 16.5. The summed E-state index contributed by atoms with van der Waals surface area (Å²) in [5.41, 5.74) is 8.00. The summed E-state index contributed by atoms with van der Waals surface area (Å²) >= 11 is 0. The Morgan fingerprint density at radius 1 is 1.43 bits per heavy atom. The maximum atomic E-state index is 12.3. The van der Waals surface area contributed by atoms with E-state index in [0.717, 1.165) is 6.07 Å².